The first-order chi connectivity index (χ1) is 12.7. The number of nitrogens with zero attached hydrogens (tertiary/aromatic N) is 1. The monoisotopic (exact) mass is 363 g/mol. The van der Waals surface area contributed by atoms with Gasteiger partial charge < -0.3 is 24.8 Å². The lowest BCUT2D eigenvalue weighted by Gasteiger charge is -2.17. The molecule has 0 spiro atoms. The lowest BCUT2D eigenvalue weighted by atomic mass is 10.1. The van der Waals surface area contributed by atoms with E-state index in [1.165, 1.54) is 5.56 Å². The van der Waals surface area contributed by atoms with Crippen molar-refractivity contribution in [1.29, 1.82) is 0 Å². The zero-order valence-corrected chi connectivity index (χ0v) is 16.3. The van der Waals surface area contributed by atoms with Crippen LogP contribution in [0.5, 0.6) is 5.75 Å². The van der Waals surface area contributed by atoms with Crippen molar-refractivity contribution in [2.75, 3.05) is 46.6 Å². The highest BCUT2D eigenvalue weighted by molar-refractivity contribution is 5.79. The van der Waals surface area contributed by atoms with Crippen LogP contribution in [0.15, 0.2) is 23.2 Å². The van der Waals surface area contributed by atoms with E-state index in [9.17, 15) is 0 Å². The molecule has 2 N–H and O–H groups in total. The van der Waals surface area contributed by atoms with Gasteiger partial charge in [0.25, 0.3) is 0 Å². The molecule has 26 heavy (non-hydrogen) atoms. The first-order valence-corrected chi connectivity index (χ1v) is 9.55. The van der Waals surface area contributed by atoms with Crippen LogP contribution in [0.3, 0.4) is 0 Å². The summed E-state index contributed by atoms with van der Waals surface area (Å²) in [5.74, 6) is 2.23. The van der Waals surface area contributed by atoms with Gasteiger partial charge in [-0.2, -0.15) is 0 Å². The number of benzene rings is 1. The molecule has 0 aliphatic carbocycles. The second kappa shape index (κ2) is 11.8. The first kappa shape index (κ1) is 20.5. The van der Waals surface area contributed by atoms with E-state index >= 15 is 0 Å². The molecule has 0 radical (unpaired) electrons. The first-order valence-electron chi connectivity index (χ1n) is 9.55. The molecule has 0 aromatic heterocycles. The molecule has 1 aliphatic heterocycles. The number of nitrogens with one attached hydrogen (secondary N) is 2. The fraction of sp³-hybridized carbons (Fsp3) is 0.650. The van der Waals surface area contributed by atoms with Gasteiger partial charge in [-0.05, 0) is 38.3 Å². The van der Waals surface area contributed by atoms with Gasteiger partial charge in [0.15, 0.2) is 5.96 Å². The number of hydrogen-bond donors (Lipinski definition) is 2. The van der Waals surface area contributed by atoms with Gasteiger partial charge in [-0.1, -0.05) is 12.1 Å². The van der Waals surface area contributed by atoms with E-state index in [4.69, 9.17) is 14.2 Å². The van der Waals surface area contributed by atoms with Crippen LogP contribution in [0.1, 0.15) is 30.9 Å². The van der Waals surface area contributed by atoms with E-state index in [1.54, 1.807) is 7.05 Å². The van der Waals surface area contributed by atoms with Crippen LogP contribution in [0, 0.1) is 12.8 Å². The Kier molecular flexibility index (Phi) is 9.28. The second-order valence-electron chi connectivity index (χ2n) is 6.55. The standard InChI is InChI=1S/C20H33N3O3/c1-4-24-10-5-9-22-20(21-3)23-13-18-7-6-16(2)12-19(18)26-15-17-8-11-25-14-17/h6-7,12,17H,4-5,8-11,13-15H2,1-3H3,(H2,21,22,23). The molecule has 2 rings (SSSR count). The molecule has 6 nitrogen and oxygen atoms in total. The van der Waals surface area contributed by atoms with Crippen molar-refractivity contribution in [3.05, 3.63) is 29.3 Å². The van der Waals surface area contributed by atoms with E-state index in [2.05, 4.69) is 40.7 Å². The van der Waals surface area contributed by atoms with Gasteiger partial charge in [0.1, 0.15) is 5.75 Å². The third-order valence-corrected chi connectivity index (χ3v) is 4.35. The van der Waals surface area contributed by atoms with E-state index in [-0.39, 0.29) is 0 Å². The molecule has 1 saturated heterocycles. The summed E-state index contributed by atoms with van der Waals surface area (Å²) < 4.78 is 16.9. The average Bonchev–Trinajstić information content (AvgIpc) is 3.17. The predicted molar refractivity (Wildman–Crippen MR) is 105 cm³/mol. The Balaban J connectivity index is 1.82. The summed E-state index contributed by atoms with van der Waals surface area (Å²) in [6.45, 7) is 9.48. The Morgan fingerprint density at radius 3 is 2.96 bits per heavy atom. The van der Waals surface area contributed by atoms with E-state index in [0.29, 0.717) is 19.1 Å². The van der Waals surface area contributed by atoms with Crippen molar-refractivity contribution in [1.82, 2.24) is 10.6 Å². The lowest BCUT2D eigenvalue weighted by Crippen LogP contribution is -2.37. The van der Waals surface area contributed by atoms with Gasteiger partial charge in [-0.3, -0.25) is 4.99 Å². The normalized spacial score (nSPS) is 17.3. The topological polar surface area (TPSA) is 64.1 Å². The molecule has 0 bridgehead atoms. The number of aliphatic imine (C=N–C) groups is 1. The largest absolute Gasteiger partial charge is 0.493 e. The van der Waals surface area contributed by atoms with Crippen molar-refractivity contribution >= 4 is 5.96 Å². The fourth-order valence-corrected chi connectivity index (χ4v) is 2.79. The summed E-state index contributed by atoms with van der Waals surface area (Å²) >= 11 is 0. The summed E-state index contributed by atoms with van der Waals surface area (Å²) in [5.41, 5.74) is 2.33. The van der Waals surface area contributed by atoms with E-state index < -0.39 is 0 Å². The molecule has 1 unspecified atom stereocenters. The van der Waals surface area contributed by atoms with Crippen LogP contribution in [0.2, 0.25) is 0 Å². The molecule has 1 aliphatic rings. The van der Waals surface area contributed by atoms with Crippen LogP contribution in [0.4, 0.5) is 0 Å². The zero-order valence-electron chi connectivity index (χ0n) is 16.3. The summed E-state index contributed by atoms with van der Waals surface area (Å²) in [6, 6.07) is 6.33. The number of rotatable bonds is 10. The van der Waals surface area contributed by atoms with Crippen LogP contribution < -0.4 is 15.4 Å². The van der Waals surface area contributed by atoms with Crippen molar-refractivity contribution < 1.29 is 14.2 Å². The van der Waals surface area contributed by atoms with Crippen LogP contribution in [-0.4, -0.2) is 52.6 Å². The van der Waals surface area contributed by atoms with Gasteiger partial charge in [0.2, 0.25) is 0 Å². The van der Waals surface area contributed by atoms with Crippen molar-refractivity contribution in [3.63, 3.8) is 0 Å². The molecule has 1 heterocycles. The highest BCUT2D eigenvalue weighted by Crippen LogP contribution is 2.22. The molecule has 0 amide bonds. The van der Waals surface area contributed by atoms with Gasteiger partial charge in [-0.15, -0.1) is 0 Å². The minimum atomic E-state index is 0.496. The Labute approximate surface area is 157 Å². The van der Waals surface area contributed by atoms with Crippen molar-refractivity contribution in [2.24, 2.45) is 10.9 Å². The zero-order chi connectivity index (χ0) is 18.6. The highest BCUT2D eigenvalue weighted by Gasteiger charge is 2.17. The maximum absolute atomic E-state index is 6.10. The third kappa shape index (κ3) is 7.22. The fourth-order valence-electron chi connectivity index (χ4n) is 2.79. The Bertz CT molecular complexity index is 557. The molecule has 6 heteroatoms. The molecule has 1 aromatic rings. The van der Waals surface area contributed by atoms with Crippen molar-refractivity contribution in [2.45, 2.75) is 33.2 Å². The lowest BCUT2D eigenvalue weighted by molar-refractivity contribution is 0.145. The van der Waals surface area contributed by atoms with Crippen LogP contribution >= 0.6 is 0 Å². The van der Waals surface area contributed by atoms with Gasteiger partial charge in [0, 0.05) is 51.4 Å². The maximum atomic E-state index is 6.10. The number of hydrogen-bond acceptors (Lipinski definition) is 4. The Morgan fingerprint density at radius 1 is 1.35 bits per heavy atom. The van der Waals surface area contributed by atoms with Gasteiger partial charge >= 0.3 is 0 Å². The Hall–Kier alpha value is -1.79. The SMILES string of the molecule is CCOCCCNC(=NC)NCc1ccc(C)cc1OCC1CCOC1. The molecule has 146 valence electrons. The third-order valence-electron chi connectivity index (χ3n) is 4.35. The second-order valence-corrected chi connectivity index (χ2v) is 6.55. The van der Waals surface area contributed by atoms with Crippen molar-refractivity contribution in [3.8, 4) is 5.75 Å². The number of aryl methyl sites for hydroxylation is 1. The summed E-state index contributed by atoms with van der Waals surface area (Å²) in [4.78, 5) is 4.27. The quantitative estimate of drug-likeness (QED) is 0.380. The van der Waals surface area contributed by atoms with Crippen LogP contribution in [0.25, 0.3) is 0 Å². The molecule has 1 aromatic carbocycles. The summed E-state index contributed by atoms with van der Waals surface area (Å²) in [6.07, 6.45) is 2.04. The molecule has 0 saturated carbocycles. The van der Waals surface area contributed by atoms with Gasteiger partial charge in [-0.25, -0.2) is 0 Å². The van der Waals surface area contributed by atoms with E-state index in [1.807, 2.05) is 6.92 Å². The highest BCUT2D eigenvalue weighted by atomic mass is 16.5. The molecule has 1 fully saturated rings. The van der Waals surface area contributed by atoms with E-state index in [0.717, 1.165) is 63.1 Å². The number of guanidine groups is 1. The smallest absolute Gasteiger partial charge is 0.191 e. The number of ether oxygens (including phenoxy) is 3. The summed E-state index contributed by atoms with van der Waals surface area (Å²) in [5, 5.41) is 6.67. The molecular formula is C20H33N3O3. The maximum Gasteiger partial charge on any atom is 0.191 e. The van der Waals surface area contributed by atoms with Gasteiger partial charge in [0.05, 0.1) is 13.2 Å². The average molecular weight is 364 g/mol. The Morgan fingerprint density at radius 2 is 2.23 bits per heavy atom. The minimum absolute atomic E-state index is 0.496. The predicted octanol–water partition coefficient (Wildman–Crippen LogP) is 2.50. The van der Waals surface area contributed by atoms with Crippen LogP contribution in [-0.2, 0) is 16.0 Å². The molecular weight excluding hydrogens is 330 g/mol. The minimum Gasteiger partial charge on any atom is -0.493 e. The molecule has 1 atom stereocenters. The summed E-state index contributed by atoms with van der Waals surface area (Å²) in [7, 11) is 1.78.